The maximum atomic E-state index is 13.6. The monoisotopic (exact) mass is 520 g/mol. The summed E-state index contributed by atoms with van der Waals surface area (Å²) in [6.07, 6.45) is 10.7. The molecule has 2 atom stereocenters. The molecule has 0 aliphatic carbocycles. The predicted molar refractivity (Wildman–Crippen MR) is 144 cm³/mol. The molecule has 0 aromatic carbocycles. The molecule has 1 aliphatic heterocycles. The molecule has 1 amide bonds. The third-order valence-corrected chi connectivity index (χ3v) is 7.07. The smallest absolute Gasteiger partial charge is 0.304 e. The first-order valence-corrected chi connectivity index (χ1v) is 14.0. The van der Waals surface area contributed by atoms with Gasteiger partial charge in [-0.25, -0.2) is 0 Å². The Kier molecular flexibility index (Phi) is 12.3. The lowest BCUT2D eigenvalue weighted by Crippen LogP contribution is -2.53. The van der Waals surface area contributed by atoms with Gasteiger partial charge in [0.15, 0.2) is 11.6 Å². The summed E-state index contributed by atoms with van der Waals surface area (Å²) in [5.41, 5.74) is 0.555. The van der Waals surface area contributed by atoms with Crippen molar-refractivity contribution < 1.29 is 29.0 Å². The number of carbonyl (C=O) groups excluding carboxylic acids is 2. The van der Waals surface area contributed by atoms with Gasteiger partial charge >= 0.3 is 5.97 Å². The van der Waals surface area contributed by atoms with Crippen LogP contribution in [0.1, 0.15) is 127 Å². The summed E-state index contributed by atoms with van der Waals surface area (Å²) >= 11 is 0. The maximum Gasteiger partial charge on any atom is 0.304 e. The number of unbranched alkanes of at least 4 members (excludes halogenated alkanes) is 6. The van der Waals surface area contributed by atoms with Crippen molar-refractivity contribution in [1.82, 2.24) is 10.3 Å². The number of hydrogen-bond acceptors (Lipinski definition) is 5. The molecule has 210 valence electrons. The number of amides is 1. The molecule has 2 unspecified atom stereocenters. The average molecular weight is 521 g/mol. The Labute approximate surface area is 222 Å². The number of carbonyl (C=O) groups is 3. The molecule has 1 fully saturated rings. The molecule has 1 saturated heterocycles. The minimum absolute atomic E-state index is 0.0422. The van der Waals surface area contributed by atoms with E-state index in [0.717, 1.165) is 12.8 Å². The molecule has 8 nitrogen and oxygen atoms in total. The van der Waals surface area contributed by atoms with Gasteiger partial charge in [0.25, 0.3) is 0 Å². The highest BCUT2D eigenvalue weighted by molar-refractivity contribution is 6.01. The van der Waals surface area contributed by atoms with Gasteiger partial charge in [0.1, 0.15) is 6.10 Å². The van der Waals surface area contributed by atoms with Crippen LogP contribution in [-0.4, -0.2) is 52.8 Å². The van der Waals surface area contributed by atoms with Crippen LogP contribution in [0.5, 0.6) is 0 Å². The molecular weight excluding hydrogens is 472 g/mol. The highest BCUT2D eigenvalue weighted by atomic mass is 16.7. The van der Waals surface area contributed by atoms with Crippen molar-refractivity contribution in [1.29, 1.82) is 0 Å². The van der Waals surface area contributed by atoms with Crippen molar-refractivity contribution in [2.75, 3.05) is 13.2 Å². The molecule has 8 heteroatoms. The fourth-order valence-corrected chi connectivity index (χ4v) is 4.86. The first kappa shape index (κ1) is 31.0. The zero-order chi connectivity index (χ0) is 27.5. The zero-order valence-electron chi connectivity index (χ0n) is 23.5. The summed E-state index contributed by atoms with van der Waals surface area (Å²) < 4.78 is 11.8. The fraction of sp³-hybridized carbons (Fsp3) is 0.759. The Morgan fingerprint density at radius 3 is 2.43 bits per heavy atom. The number of aromatic amines is 1. The van der Waals surface area contributed by atoms with E-state index in [9.17, 15) is 19.5 Å². The van der Waals surface area contributed by atoms with Crippen LogP contribution in [-0.2, 0) is 19.1 Å². The van der Waals surface area contributed by atoms with Gasteiger partial charge in [0, 0.05) is 41.8 Å². The number of aromatic nitrogens is 1. The van der Waals surface area contributed by atoms with E-state index in [1.165, 1.54) is 32.1 Å². The van der Waals surface area contributed by atoms with Gasteiger partial charge in [0.2, 0.25) is 5.91 Å². The number of hydrogen-bond donors (Lipinski definition) is 3. The first-order valence-electron chi connectivity index (χ1n) is 14.0. The topological polar surface area (TPSA) is 118 Å². The van der Waals surface area contributed by atoms with Crippen LogP contribution in [0.4, 0.5) is 0 Å². The molecule has 37 heavy (non-hydrogen) atoms. The highest BCUT2D eigenvalue weighted by Gasteiger charge is 2.46. The van der Waals surface area contributed by atoms with Crippen molar-refractivity contribution in [3.05, 3.63) is 23.5 Å². The van der Waals surface area contributed by atoms with Crippen LogP contribution in [0.25, 0.3) is 0 Å². The normalized spacial score (nSPS) is 19.3. The van der Waals surface area contributed by atoms with Crippen molar-refractivity contribution in [2.24, 2.45) is 5.41 Å². The van der Waals surface area contributed by atoms with E-state index in [-0.39, 0.29) is 24.0 Å². The van der Waals surface area contributed by atoms with Gasteiger partial charge in [-0.05, 0) is 39.2 Å². The zero-order valence-corrected chi connectivity index (χ0v) is 23.5. The standard InChI is InChI=1S/C29H48N2O6/c1-6-7-8-9-10-11-12-15-23(32)30-17-13-14-21(19-24(33)34)25-22(16-18-31-25)26(35)27-28(2,3)20-36-29(4,5)37-27/h16,18,21,27,31H,6-15,17,19-20H2,1-5H3,(H,30,32)(H,33,34). The van der Waals surface area contributed by atoms with Gasteiger partial charge in [-0.3, -0.25) is 14.4 Å². The summed E-state index contributed by atoms with van der Waals surface area (Å²) in [4.78, 5) is 40.5. The molecule has 3 N–H and O–H groups in total. The maximum absolute atomic E-state index is 13.6. The minimum Gasteiger partial charge on any atom is -0.481 e. The van der Waals surface area contributed by atoms with Crippen LogP contribution in [0.2, 0.25) is 0 Å². The molecule has 1 aliphatic rings. The Morgan fingerprint density at radius 1 is 1.08 bits per heavy atom. The minimum atomic E-state index is -0.926. The lowest BCUT2D eigenvalue weighted by molar-refractivity contribution is -0.298. The van der Waals surface area contributed by atoms with Crippen LogP contribution >= 0.6 is 0 Å². The van der Waals surface area contributed by atoms with Gasteiger partial charge in [-0.15, -0.1) is 0 Å². The number of rotatable bonds is 17. The van der Waals surface area contributed by atoms with Crippen molar-refractivity contribution >= 4 is 17.7 Å². The van der Waals surface area contributed by atoms with Crippen LogP contribution in [0, 0.1) is 5.41 Å². The summed E-state index contributed by atoms with van der Waals surface area (Å²) in [6.45, 7) is 10.5. The van der Waals surface area contributed by atoms with Crippen LogP contribution in [0.3, 0.4) is 0 Å². The van der Waals surface area contributed by atoms with E-state index >= 15 is 0 Å². The Morgan fingerprint density at radius 2 is 1.76 bits per heavy atom. The summed E-state index contributed by atoms with van der Waals surface area (Å²) in [5, 5.41) is 12.5. The summed E-state index contributed by atoms with van der Waals surface area (Å²) in [5.74, 6) is -2.30. The number of ketones is 1. The van der Waals surface area contributed by atoms with Crippen molar-refractivity contribution in [3.63, 3.8) is 0 Å². The van der Waals surface area contributed by atoms with Crippen molar-refractivity contribution in [2.45, 2.75) is 123 Å². The van der Waals surface area contributed by atoms with Gasteiger partial charge in [0.05, 0.1) is 13.0 Å². The molecule has 0 radical (unpaired) electrons. The molecule has 1 aromatic rings. The highest BCUT2D eigenvalue weighted by Crippen LogP contribution is 2.38. The molecule has 0 spiro atoms. The lowest BCUT2D eigenvalue weighted by atomic mass is 9.80. The van der Waals surface area contributed by atoms with E-state index in [2.05, 4.69) is 17.2 Å². The second-order valence-electron chi connectivity index (χ2n) is 11.5. The van der Waals surface area contributed by atoms with E-state index in [4.69, 9.17) is 9.47 Å². The fourth-order valence-electron chi connectivity index (χ4n) is 4.86. The molecule has 0 saturated carbocycles. The third-order valence-electron chi connectivity index (χ3n) is 7.07. The predicted octanol–water partition coefficient (Wildman–Crippen LogP) is 5.97. The average Bonchev–Trinajstić information content (AvgIpc) is 3.31. The molecule has 2 rings (SSSR count). The van der Waals surface area contributed by atoms with Gasteiger partial charge < -0.3 is 24.9 Å². The van der Waals surface area contributed by atoms with Crippen LogP contribution < -0.4 is 5.32 Å². The van der Waals surface area contributed by atoms with E-state index in [1.54, 1.807) is 26.1 Å². The molecule has 2 heterocycles. The molecule has 1 aromatic heterocycles. The Hall–Kier alpha value is -2.19. The third kappa shape index (κ3) is 10.2. The SMILES string of the molecule is CCCCCCCCCC(=O)NCCCC(CC(=O)O)c1[nH]ccc1C(=O)C1OC(C)(C)OCC1(C)C. The number of Topliss-reactive ketones (excluding diaryl/α,β-unsaturated/α-hetero) is 1. The lowest BCUT2D eigenvalue weighted by Gasteiger charge is -2.45. The molecular formula is C29H48N2O6. The second kappa shape index (κ2) is 14.7. The molecule has 0 bridgehead atoms. The second-order valence-corrected chi connectivity index (χ2v) is 11.5. The number of nitrogens with one attached hydrogen (secondary N) is 2. The Bertz CT molecular complexity index is 876. The van der Waals surface area contributed by atoms with Gasteiger partial charge in [-0.1, -0.05) is 59.3 Å². The largest absolute Gasteiger partial charge is 0.481 e. The van der Waals surface area contributed by atoms with Crippen molar-refractivity contribution in [3.8, 4) is 0 Å². The number of ether oxygens (including phenoxy) is 2. The van der Waals surface area contributed by atoms with E-state index in [0.29, 0.717) is 43.7 Å². The first-order chi connectivity index (χ1) is 17.5. The van der Waals surface area contributed by atoms with Crippen LogP contribution in [0.15, 0.2) is 12.3 Å². The quantitative estimate of drug-likeness (QED) is 0.172. The van der Waals surface area contributed by atoms with E-state index in [1.807, 2.05) is 13.8 Å². The van der Waals surface area contributed by atoms with Gasteiger partial charge in [-0.2, -0.15) is 0 Å². The number of carboxylic acids is 1. The number of carboxylic acid groups (broad SMARTS) is 1. The number of aliphatic carboxylic acids is 1. The Balaban J connectivity index is 1.91. The number of H-pyrrole nitrogens is 1. The summed E-state index contributed by atoms with van der Waals surface area (Å²) in [6, 6.07) is 1.71. The summed E-state index contributed by atoms with van der Waals surface area (Å²) in [7, 11) is 0. The van der Waals surface area contributed by atoms with E-state index < -0.39 is 23.3 Å².